The van der Waals surface area contributed by atoms with Gasteiger partial charge in [0, 0.05) is 12.8 Å². The van der Waals surface area contributed by atoms with Crippen LogP contribution in [0.15, 0.2) is 29.1 Å². The van der Waals surface area contributed by atoms with Crippen LogP contribution in [-0.4, -0.2) is 32.8 Å². The van der Waals surface area contributed by atoms with Crippen molar-refractivity contribution in [1.29, 1.82) is 0 Å². The van der Waals surface area contributed by atoms with Crippen LogP contribution in [0.4, 0.5) is 0 Å². The van der Waals surface area contributed by atoms with Crippen molar-refractivity contribution < 1.29 is 14.7 Å². The number of piperidine rings is 1. The van der Waals surface area contributed by atoms with Crippen molar-refractivity contribution in [3.63, 3.8) is 0 Å². The summed E-state index contributed by atoms with van der Waals surface area (Å²) in [6, 6.07) is 6.90. The van der Waals surface area contributed by atoms with Gasteiger partial charge in [0.05, 0.1) is 24.2 Å². The summed E-state index contributed by atoms with van der Waals surface area (Å²) in [5.41, 5.74) is 0.580. The average Bonchev–Trinajstić information content (AvgIpc) is 2.74. The van der Waals surface area contributed by atoms with Crippen molar-refractivity contribution in [2.24, 2.45) is 0 Å². The number of para-hydroxylation sites is 2. The van der Waals surface area contributed by atoms with E-state index in [2.05, 4.69) is 0 Å². The van der Waals surface area contributed by atoms with Gasteiger partial charge in [-0.15, -0.1) is 0 Å². The average molecular weight is 289 g/mol. The van der Waals surface area contributed by atoms with E-state index in [1.807, 2.05) is 0 Å². The van der Waals surface area contributed by atoms with Crippen molar-refractivity contribution in [1.82, 2.24) is 9.24 Å². The van der Waals surface area contributed by atoms with Gasteiger partial charge in [0.25, 0.3) is 0 Å². The molecule has 0 aliphatic carbocycles. The van der Waals surface area contributed by atoms with Crippen LogP contribution in [0.25, 0.3) is 11.0 Å². The number of fused-ring (bicyclic) bond motifs is 1. The molecule has 1 aliphatic rings. The normalized spacial score (nSPS) is 16.0. The van der Waals surface area contributed by atoms with Crippen LogP contribution in [0, 0.1) is 0 Å². The van der Waals surface area contributed by atoms with Gasteiger partial charge in [-0.25, -0.2) is 4.79 Å². The maximum absolute atomic E-state index is 12.5. The molecule has 1 aromatic heterocycles. The Balaban J connectivity index is 2.27. The van der Waals surface area contributed by atoms with Crippen molar-refractivity contribution >= 4 is 22.8 Å². The lowest BCUT2D eigenvalue weighted by Crippen LogP contribution is -2.52. The standard InChI is InChI=1S/C14H15N3O4/c18-9-8-15-10-4-1-2-5-11(10)16(14(15)21)17-12(19)6-3-7-13(17)20/h1-2,4-5,18H,3,6-9H2. The minimum Gasteiger partial charge on any atom is -0.395 e. The first-order valence-corrected chi connectivity index (χ1v) is 6.82. The van der Waals surface area contributed by atoms with Crippen LogP contribution in [0.1, 0.15) is 19.3 Å². The van der Waals surface area contributed by atoms with E-state index in [1.165, 1.54) is 4.57 Å². The first-order chi connectivity index (χ1) is 10.1. The Labute approximate surface area is 120 Å². The number of carbonyl (C=O) groups excluding carboxylic acids is 2. The molecule has 0 spiro atoms. The molecular weight excluding hydrogens is 274 g/mol. The fourth-order valence-electron chi connectivity index (χ4n) is 2.67. The predicted octanol–water partition coefficient (Wildman–Crippen LogP) is -0.0296. The number of aliphatic hydroxyl groups excluding tert-OH is 1. The smallest absolute Gasteiger partial charge is 0.348 e. The van der Waals surface area contributed by atoms with Crippen LogP contribution in [-0.2, 0) is 16.1 Å². The number of hydrogen-bond acceptors (Lipinski definition) is 4. The summed E-state index contributed by atoms with van der Waals surface area (Å²) >= 11 is 0. The third-order valence-corrected chi connectivity index (χ3v) is 3.59. The molecular formula is C14H15N3O4. The molecule has 3 rings (SSSR count). The summed E-state index contributed by atoms with van der Waals surface area (Å²) in [4.78, 5) is 36.6. The van der Waals surface area contributed by atoms with Gasteiger partial charge in [0.15, 0.2) is 0 Å². The van der Waals surface area contributed by atoms with E-state index in [4.69, 9.17) is 5.11 Å². The Hall–Kier alpha value is -2.41. The summed E-state index contributed by atoms with van der Waals surface area (Å²) in [6.45, 7) is -0.0849. The SMILES string of the molecule is O=C1CCCC(=O)N1n1c(=O)n(CCO)c2ccccc21. The molecule has 110 valence electrons. The summed E-state index contributed by atoms with van der Waals surface area (Å²) < 4.78 is 2.49. The van der Waals surface area contributed by atoms with Crippen molar-refractivity contribution in [3.05, 3.63) is 34.7 Å². The molecule has 0 bridgehead atoms. The van der Waals surface area contributed by atoms with Gasteiger partial charge < -0.3 is 5.11 Å². The van der Waals surface area contributed by atoms with Gasteiger partial charge in [-0.2, -0.15) is 9.69 Å². The van der Waals surface area contributed by atoms with E-state index < -0.39 is 5.69 Å². The minimum absolute atomic E-state index is 0.114. The van der Waals surface area contributed by atoms with Crippen LogP contribution in [0.5, 0.6) is 0 Å². The van der Waals surface area contributed by atoms with E-state index in [9.17, 15) is 14.4 Å². The highest BCUT2D eigenvalue weighted by Crippen LogP contribution is 2.17. The van der Waals surface area contributed by atoms with Crippen LogP contribution in [0.3, 0.4) is 0 Å². The van der Waals surface area contributed by atoms with E-state index in [0.29, 0.717) is 17.5 Å². The first kappa shape index (κ1) is 13.6. The molecule has 1 saturated heterocycles. The lowest BCUT2D eigenvalue weighted by Gasteiger charge is -2.24. The Bertz CT molecular complexity index is 758. The molecule has 7 heteroatoms. The minimum atomic E-state index is -0.492. The molecule has 2 aromatic rings. The summed E-state index contributed by atoms with van der Waals surface area (Å²) in [6.07, 6.45) is 1.01. The number of benzene rings is 1. The monoisotopic (exact) mass is 289 g/mol. The van der Waals surface area contributed by atoms with E-state index in [0.717, 1.165) is 9.69 Å². The second kappa shape index (κ2) is 5.17. The van der Waals surface area contributed by atoms with E-state index >= 15 is 0 Å². The first-order valence-electron chi connectivity index (χ1n) is 6.82. The van der Waals surface area contributed by atoms with Crippen LogP contribution < -0.4 is 10.7 Å². The molecule has 0 radical (unpaired) electrons. The molecule has 0 atom stereocenters. The topological polar surface area (TPSA) is 84.5 Å². The maximum Gasteiger partial charge on any atom is 0.348 e. The number of rotatable bonds is 3. The molecule has 0 saturated carbocycles. The zero-order valence-corrected chi connectivity index (χ0v) is 11.4. The van der Waals surface area contributed by atoms with Gasteiger partial charge in [0.1, 0.15) is 0 Å². The highest BCUT2D eigenvalue weighted by atomic mass is 16.3. The van der Waals surface area contributed by atoms with E-state index in [-0.39, 0.29) is 37.8 Å². The predicted molar refractivity (Wildman–Crippen MR) is 75.4 cm³/mol. The number of hydrogen-bond donors (Lipinski definition) is 1. The third kappa shape index (κ3) is 2.06. The number of amides is 2. The Morgan fingerprint density at radius 3 is 2.24 bits per heavy atom. The highest BCUT2D eigenvalue weighted by Gasteiger charge is 2.31. The highest BCUT2D eigenvalue weighted by molar-refractivity contribution is 6.10. The zero-order chi connectivity index (χ0) is 15.0. The zero-order valence-electron chi connectivity index (χ0n) is 11.4. The number of nitrogens with zero attached hydrogens (tertiary/aromatic N) is 3. The van der Waals surface area contributed by atoms with Gasteiger partial charge in [-0.3, -0.25) is 14.2 Å². The van der Waals surface area contributed by atoms with Gasteiger partial charge in [0.2, 0.25) is 11.8 Å². The fourth-order valence-corrected chi connectivity index (χ4v) is 2.67. The fraction of sp³-hybridized carbons (Fsp3) is 0.357. The molecule has 1 aliphatic heterocycles. The molecule has 2 heterocycles. The summed E-state index contributed by atoms with van der Waals surface area (Å²) in [7, 11) is 0. The van der Waals surface area contributed by atoms with Crippen molar-refractivity contribution in [2.45, 2.75) is 25.8 Å². The molecule has 1 fully saturated rings. The molecule has 2 amide bonds. The Kier molecular flexibility index (Phi) is 3.34. The summed E-state index contributed by atoms with van der Waals surface area (Å²) in [5, 5.41) is 10.0. The molecule has 7 nitrogen and oxygen atoms in total. The van der Waals surface area contributed by atoms with Crippen LogP contribution >= 0.6 is 0 Å². The Morgan fingerprint density at radius 1 is 1.00 bits per heavy atom. The molecule has 1 aromatic carbocycles. The Morgan fingerprint density at radius 2 is 1.62 bits per heavy atom. The molecule has 21 heavy (non-hydrogen) atoms. The summed E-state index contributed by atoms with van der Waals surface area (Å²) in [5.74, 6) is -0.750. The second-order valence-electron chi connectivity index (χ2n) is 4.91. The number of imidazole rings is 1. The number of aliphatic hydroxyl groups is 1. The van der Waals surface area contributed by atoms with Gasteiger partial charge in [-0.1, -0.05) is 12.1 Å². The third-order valence-electron chi connectivity index (χ3n) is 3.59. The van der Waals surface area contributed by atoms with Gasteiger partial charge >= 0.3 is 5.69 Å². The van der Waals surface area contributed by atoms with Crippen molar-refractivity contribution in [2.75, 3.05) is 11.6 Å². The molecule has 0 unspecified atom stereocenters. The second-order valence-corrected chi connectivity index (χ2v) is 4.91. The number of aromatic nitrogens is 2. The lowest BCUT2D eigenvalue weighted by molar-refractivity contribution is -0.131. The largest absolute Gasteiger partial charge is 0.395 e. The lowest BCUT2D eigenvalue weighted by atomic mass is 10.1. The maximum atomic E-state index is 12.5. The van der Waals surface area contributed by atoms with E-state index in [1.54, 1.807) is 24.3 Å². The van der Waals surface area contributed by atoms with Crippen molar-refractivity contribution in [3.8, 4) is 0 Å². The number of carbonyl (C=O) groups is 2. The van der Waals surface area contributed by atoms with Gasteiger partial charge in [-0.05, 0) is 18.6 Å². The quantitative estimate of drug-likeness (QED) is 0.804. The number of imide groups is 1. The molecule has 1 N–H and O–H groups in total. The van der Waals surface area contributed by atoms with Crippen LogP contribution in [0.2, 0.25) is 0 Å².